The molecule has 7 nitrogen and oxygen atoms in total. The lowest BCUT2D eigenvalue weighted by Crippen LogP contribution is -2.11. The van der Waals surface area contributed by atoms with Gasteiger partial charge in [-0.05, 0) is 25.1 Å². The van der Waals surface area contributed by atoms with Gasteiger partial charge in [-0.25, -0.2) is 19.2 Å². The lowest BCUT2D eigenvalue weighted by molar-refractivity contribution is 0.460. The summed E-state index contributed by atoms with van der Waals surface area (Å²) in [6, 6.07) is 7.79. The minimum Gasteiger partial charge on any atom is -0.439 e. The number of sulfone groups is 1. The summed E-state index contributed by atoms with van der Waals surface area (Å²) in [4.78, 5) is 8.23. The number of nitrogens with zero attached hydrogens (tertiary/aromatic N) is 2. The van der Waals surface area contributed by atoms with Crippen molar-refractivity contribution < 1.29 is 13.2 Å². The Morgan fingerprint density at radius 1 is 1.25 bits per heavy atom. The Balaban J connectivity index is 2.33. The van der Waals surface area contributed by atoms with Gasteiger partial charge in [0, 0.05) is 18.0 Å². The fourth-order valence-electron chi connectivity index (χ4n) is 1.55. The van der Waals surface area contributed by atoms with E-state index in [2.05, 4.69) is 15.4 Å². The monoisotopic (exact) mass is 294 g/mol. The molecule has 2 aromatic rings. The zero-order valence-corrected chi connectivity index (χ0v) is 11.8. The van der Waals surface area contributed by atoms with Crippen molar-refractivity contribution in [2.24, 2.45) is 5.84 Å². The summed E-state index contributed by atoms with van der Waals surface area (Å²) in [6.45, 7) is 1.77. The van der Waals surface area contributed by atoms with E-state index >= 15 is 0 Å². The molecule has 0 aliphatic heterocycles. The van der Waals surface area contributed by atoms with Crippen LogP contribution in [0.2, 0.25) is 0 Å². The van der Waals surface area contributed by atoms with Crippen LogP contribution in [0.15, 0.2) is 35.2 Å². The van der Waals surface area contributed by atoms with Crippen molar-refractivity contribution in [1.82, 2.24) is 9.97 Å². The summed E-state index contributed by atoms with van der Waals surface area (Å²) >= 11 is 0. The molecule has 2 rings (SSSR count). The van der Waals surface area contributed by atoms with Crippen molar-refractivity contribution in [2.75, 3.05) is 11.7 Å². The van der Waals surface area contributed by atoms with Crippen LogP contribution < -0.4 is 16.0 Å². The zero-order chi connectivity index (χ0) is 14.8. The van der Waals surface area contributed by atoms with Gasteiger partial charge in [-0.15, -0.1) is 0 Å². The van der Waals surface area contributed by atoms with E-state index in [0.29, 0.717) is 11.4 Å². The van der Waals surface area contributed by atoms with Gasteiger partial charge in [-0.1, -0.05) is 6.07 Å². The fraction of sp³-hybridized carbons (Fsp3) is 0.167. The van der Waals surface area contributed by atoms with E-state index in [1.54, 1.807) is 25.1 Å². The molecule has 1 aromatic carbocycles. The number of benzene rings is 1. The van der Waals surface area contributed by atoms with Gasteiger partial charge < -0.3 is 4.74 Å². The van der Waals surface area contributed by atoms with Crippen LogP contribution in [0.1, 0.15) is 5.69 Å². The van der Waals surface area contributed by atoms with Crippen LogP contribution in [0.4, 0.5) is 5.95 Å². The van der Waals surface area contributed by atoms with E-state index in [9.17, 15) is 8.42 Å². The molecule has 0 aliphatic rings. The molecule has 1 heterocycles. The third-order valence-corrected chi connectivity index (χ3v) is 3.53. The van der Waals surface area contributed by atoms with E-state index in [1.807, 2.05) is 0 Å². The quantitative estimate of drug-likeness (QED) is 0.645. The second kappa shape index (κ2) is 5.43. The summed E-state index contributed by atoms with van der Waals surface area (Å²) in [5, 5.41) is 0. The number of nitrogen functional groups attached to an aromatic ring is 1. The topological polar surface area (TPSA) is 107 Å². The summed E-state index contributed by atoms with van der Waals surface area (Å²) in [5.41, 5.74) is 3.00. The molecule has 0 bridgehead atoms. The summed E-state index contributed by atoms with van der Waals surface area (Å²) < 4.78 is 28.5. The highest BCUT2D eigenvalue weighted by Gasteiger charge is 2.09. The molecule has 106 valence electrons. The summed E-state index contributed by atoms with van der Waals surface area (Å²) in [7, 11) is -3.28. The van der Waals surface area contributed by atoms with Crippen LogP contribution in [0, 0.1) is 6.92 Å². The molecule has 0 fully saturated rings. The van der Waals surface area contributed by atoms with Crippen molar-refractivity contribution >= 4 is 15.8 Å². The smallest absolute Gasteiger partial charge is 0.240 e. The van der Waals surface area contributed by atoms with E-state index in [4.69, 9.17) is 10.6 Å². The average molecular weight is 294 g/mol. The molecule has 0 aliphatic carbocycles. The van der Waals surface area contributed by atoms with Crippen LogP contribution in [-0.4, -0.2) is 24.6 Å². The predicted octanol–water partition coefficient (Wildman–Crippen LogP) is 1.27. The number of aryl methyl sites for hydroxylation is 1. The van der Waals surface area contributed by atoms with E-state index in [0.717, 1.165) is 6.26 Å². The van der Waals surface area contributed by atoms with Crippen LogP contribution in [0.25, 0.3) is 0 Å². The molecular formula is C12H14N4O3S. The number of nitrogens with two attached hydrogens (primary N) is 1. The Labute approximate surface area is 116 Å². The Bertz CT molecular complexity index is 731. The molecule has 0 amide bonds. The van der Waals surface area contributed by atoms with Gasteiger partial charge in [0.15, 0.2) is 9.84 Å². The van der Waals surface area contributed by atoms with Crippen molar-refractivity contribution in [2.45, 2.75) is 11.8 Å². The highest BCUT2D eigenvalue weighted by molar-refractivity contribution is 7.90. The molecular weight excluding hydrogens is 280 g/mol. The molecule has 0 saturated heterocycles. The van der Waals surface area contributed by atoms with Crippen molar-refractivity contribution in [3.05, 3.63) is 36.0 Å². The number of hydrogen-bond donors (Lipinski definition) is 2. The number of ether oxygens (including phenoxy) is 1. The van der Waals surface area contributed by atoms with Gasteiger partial charge in [0.05, 0.1) is 4.90 Å². The molecule has 0 saturated carbocycles. The molecule has 20 heavy (non-hydrogen) atoms. The molecule has 8 heteroatoms. The predicted molar refractivity (Wildman–Crippen MR) is 74.2 cm³/mol. The first kappa shape index (κ1) is 14.2. The second-order valence-electron chi connectivity index (χ2n) is 4.16. The van der Waals surface area contributed by atoms with E-state index < -0.39 is 9.84 Å². The number of aromatic nitrogens is 2. The molecule has 0 atom stereocenters. The zero-order valence-electron chi connectivity index (χ0n) is 11.0. The Morgan fingerprint density at radius 3 is 2.65 bits per heavy atom. The van der Waals surface area contributed by atoms with Crippen LogP contribution in [0.3, 0.4) is 0 Å². The Hall–Kier alpha value is -2.19. The van der Waals surface area contributed by atoms with Crippen LogP contribution >= 0.6 is 0 Å². The van der Waals surface area contributed by atoms with Crippen molar-refractivity contribution in [1.29, 1.82) is 0 Å². The average Bonchev–Trinajstić information content (AvgIpc) is 2.37. The van der Waals surface area contributed by atoms with Gasteiger partial charge in [0.2, 0.25) is 11.8 Å². The highest BCUT2D eigenvalue weighted by atomic mass is 32.2. The van der Waals surface area contributed by atoms with Gasteiger partial charge in [0.1, 0.15) is 5.75 Å². The lowest BCUT2D eigenvalue weighted by atomic mass is 10.3. The van der Waals surface area contributed by atoms with Crippen molar-refractivity contribution in [3.8, 4) is 11.6 Å². The first-order valence-electron chi connectivity index (χ1n) is 5.69. The number of hydrazine groups is 1. The molecule has 1 aromatic heterocycles. The maximum atomic E-state index is 11.5. The van der Waals surface area contributed by atoms with Gasteiger partial charge in [-0.2, -0.15) is 4.98 Å². The summed E-state index contributed by atoms with van der Waals surface area (Å²) in [5.74, 6) is 6.12. The largest absolute Gasteiger partial charge is 0.439 e. The van der Waals surface area contributed by atoms with Crippen LogP contribution in [-0.2, 0) is 9.84 Å². The lowest BCUT2D eigenvalue weighted by Gasteiger charge is -2.08. The number of rotatable bonds is 4. The number of hydrogen-bond acceptors (Lipinski definition) is 7. The maximum Gasteiger partial charge on any atom is 0.240 e. The van der Waals surface area contributed by atoms with Crippen LogP contribution in [0.5, 0.6) is 11.6 Å². The molecule has 0 spiro atoms. The minimum atomic E-state index is -3.28. The summed E-state index contributed by atoms with van der Waals surface area (Å²) in [6.07, 6.45) is 1.14. The Kier molecular flexibility index (Phi) is 3.86. The molecule has 0 radical (unpaired) electrons. The van der Waals surface area contributed by atoms with Gasteiger partial charge in [-0.3, -0.25) is 5.43 Å². The first-order chi connectivity index (χ1) is 9.38. The maximum absolute atomic E-state index is 11.5. The normalized spacial score (nSPS) is 11.2. The first-order valence-corrected chi connectivity index (χ1v) is 7.58. The SMILES string of the molecule is Cc1cc(Oc2cccc(S(C)(=O)=O)c2)nc(NN)n1. The fourth-order valence-corrected chi connectivity index (χ4v) is 2.20. The highest BCUT2D eigenvalue weighted by Crippen LogP contribution is 2.23. The third kappa shape index (κ3) is 3.43. The van der Waals surface area contributed by atoms with Gasteiger partial charge in [0.25, 0.3) is 0 Å². The third-order valence-electron chi connectivity index (χ3n) is 2.42. The van der Waals surface area contributed by atoms with Gasteiger partial charge >= 0.3 is 0 Å². The van der Waals surface area contributed by atoms with Crippen molar-refractivity contribution in [3.63, 3.8) is 0 Å². The Morgan fingerprint density at radius 2 is 2.00 bits per heavy atom. The minimum absolute atomic E-state index is 0.179. The standard InChI is InChI=1S/C12H14N4O3S/c1-8-6-11(15-12(14-8)16-13)19-9-4-3-5-10(7-9)20(2,17)18/h3-7H,13H2,1-2H3,(H,14,15,16). The number of nitrogens with one attached hydrogen (secondary N) is 1. The number of anilines is 1. The molecule has 3 N–H and O–H groups in total. The second-order valence-corrected chi connectivity index (χ2v) is 6.18. The van der Waals surface area contributed by atoms with E-state index in [1.165, 1.54) is 12.1 Å². The van der Waals surface area contributed by atoms with E-state index in [-0.39, 0.29) is 16.7 Å². The molecule has 0 unspecified atom stereocenters.